The van der Waals surface area contributed by atoms with Gasteiger partial charge in [-0.15, -0.1) is 0 Å². The van der Waals surface area contributed by atoms with E-state index in [1.807, 2.05) is 54.6 Å². The molecule has 4 rings (SSSR count). The lowest BCUT2D eigenvalue weighted by atomic mass is 10.0. The van der Waals surface area contributed by atoms with Crippen molar-refractivity contribution in [2.75, 3.05) is 11.6 Å². The summed E-state index contributed by atoms with van der Waals surface area (Å²) >= 11 is 5.92. The van der Waals surface area contributed by atoms with Crippen LogP contribution in [0.1, 0.15) is 12.0 Å². The van der Waals surface area contributed by atoms with Crippen LogP contribution in [0.5, 0.6) is 0 Å². The minimum Gasteiger partial charge on any atom is -0.332 e. The highest BCUT2D eigenvalue weighted by atomic mass is 35.5. The summed E-state index contributed by atoms with van der Waals surface area (Å²) in [5.41, 5.74) is 9.25. The molecule has 132 valence electrons. The molecule has 0 radical (unpaired) electrons. The molecule has 0 bridgehead atoms. The Kier molecular flexibility index (Phi) is 4.69. The van der Waals surface area contributed by atoms with Gasteiger partial charge in [-0.3, -0.25) is 0 Å². The highest BCUT2D eigenvalue weighted by molar-refractivity contribution is 6.30. The Morgan fingerprint density at radius 1 is 1.08 bits per heavy atom. The van der Waals surface area contributed by atoms with Crippen LogP contribution in [0.4, 0.5) is 5.95 Å². The molecule has 7 heteroatoms. The Morgan fingerprint density at radius 3 is 2.62 bits per heavy atom. The van der Waals surface area contributed by atoms with Gasteiger partial charge in [-0.25, -0.2) is 5.01 Å². The standard InChI is InChI=1S/C19H18ClN5O/c20-15-9-6-13(7-10-15)8-11-17-16(21)12-25(23-17)19-22-18(26-24-19)14-4-2-1-3-5-14/h1-7,9-10,16H,8,11-12,21H2. The van der Waals surface area contributed by atoms with Gasteiger partial charge in [0.2, 0.25) is 0 Å². The zero-order valence-corrected chi connectivity index (χ0v) is 14.8. The summed E-state index contributed by atoms with van der Waals surface area (Å²) in [6.45, 7) is 0.545. The van der Waals surface area contributed by atoms with Crippen molar-refractivity contribution in [2.45, 2.75) is 18.9 Å². The lowest BCUT2D eigenvalue weighted by Crippen LogP contribution is -2.33. The Bertz CT molecular complexity index is 907. The van der Waals surface area contributed by atoms with Crippen LogP contribution in [0, 0.1) is 0 Å². The molecule has 1 atom stereocenters. The number of anilines is 1. The van der Waals surface area contributed by atoms with Crippen LogP contribution < -0.4 is 10.7 Å². The van der Waals surface area contributed by atoms with Crippen LogP contribution in [0.15, 0.2) is 64.2 Å². The molecule has 1 unspecified atom stereocenters. The second-order valence-corrected chi connectivity index (χ2v) is 6.61. The molecule has 0 amide bonds. The number of aromatic nitrogens is 2. The summed E-state index contributed by atoms with van der Waals surface area (Å²) < 4.78 is 5.35. The normalized spacial score (nSPS) is 16.8. The first-order valence-electron chi connectivity index (χ1n) is 8.43. The van der Waals surface area contributed by atoms with E-state index in [4.69, 9.17) is 21.9 Å². The van der Waals surface area contributed by atoms with Gasteiger partial charge in [0.25, 0.3) is 11.8 Å². The molecule has 0 fully saturated rings. The predicted molar refractivity (Wildman–Crippen MR) is 102 cm³/mol. The first-order valence-corrected chi connectivity index (χ1v) is 8.81. The molecule has 1 aliphatic rings. The average molecular weight is 368 g/mol. The monoisotopic (exact) mass is 367 g/mol. The summed E-state index contributed by atoms with van der Waals surface area (Å²) in [6, 6.07) is 17.3. The van der Waals surface area contributed by atoms with Crippen molar-refractivity contribution < 1.29 is 4.52 Å². The molecule has 2 heterocycles. The zero-order chi connectivity index (χ0) is 17.9. The molecule has 3 aromatic rings. The molecule has 0 spiro atoms. The van der Waals surface area contributed by atoms with E-state index in [2.05, 4.69) is 15.2 Å². The number of nitrogens with two attached hydrogens (primary N) is 1. The first kappa shape index (κ1) is 16.8. The van der Waals surface area contributed by atoms with Gasteiger partial charge >= 0.3 is 0 Å². The molecule has 6 nitrogen and oxygen atoms in total. The average Bonchev–Trinajstić information content (AvgIpc) is 3.29. The second-order valence-electron chi connectivity index (χ2n) is 6.17. The Morgan fingerprint density at radius 2 is 1.85 bits per heavy atom. The first-order chi connectivity index (χ1) is 12.7. The van der Waals surface area contributed by atoms with E-state index in [-0.39, 0.29) is 6.04 Å². The van der Waals surface area contributed by atoms with Crippen LogP contribution in [0.3, 0.4) is 0 Å². The molecule has 26 heavy (non-hydrogen) atoms. The van der Waals surface area contributed by atoms with Crippen molar-refractivity contribution in [3.8, 4) is 11.5 Å². The van der Waals surface area contributed by atoms with Crippen molar-refractivity contribution >= 4 is 23.3 Å². The fourth-order valence-corrected chi connectivity index (χ4v) is 2.99. The van der Waals surface area contributed by atoms with E-state index in [0.29, 0.717) is 18.4 Å². The third-order valence-electron chi connectivity index (χ3n) is 4.30. The van der Waals surface area contributed by atoms with Gasteiger partial charge in [-0.2, -0.15) is 10.1 Å². The smallest absolute Gasteiger partial charge is 0.286 e. The van der Waals surface area contributed by atoms with Crippen molar-refractivity contribution in [3.63, 3.8) is 0 Å². The maximum atomic E-state index is 6.23. The number of aryl methyl sites for hydroxylation is 1. The predicted octanol–water partition coefficient (Wildman–Crippen LogP) is 3.53. The van der Waals surface area contributed by atoms with Gasteiger partial charge < -0.3 is 10.3 Å². The van der Waals surface area contributed by atoms with Crippen molar-refractivity contribution in [2.24, 2.45) is 10.8 Å². The van der Waals surface area contributed by atoms with E-state index in [1.165, 1.54) is 5.56 Å². The van der Waals surface area contributed by atoms with Gasteiger partial charge in [0.1, 0.15) is 0 Å². The zero-order valence-electron chi connectivity index (χ0n) is 14.0. The topological polar surface area (TPSA) is 80.5 Å². The van der Waals surface area contributed by atoms with Crippen molar-refractivity contribution in [1.82, 2.24) is 10.1 Å². The number of rotatable bonds is 5. The molecule has 2 aromatic carbocycles. The number of nitrogens with zero attached hydrogens (tertiary/aromatic N) is 4. The summed E-state index contributed by atoms with van der Waals surface area (Å²) in [5, 5.41) is 11.1. The molecular formula is C19H18ClN5O. The lowest BCUT2D eigenvalue weighted by molar-refractivity contribution is 0.429. The third kappa shape index (κ3) is 3.61. The molecule has 2 N–H and O–H groups in total. The molecule has 0 saturated carbocycles. The second kappa shape index (κ2) is 7.27. The number of hydrazone groups is 1. The van der Waals surface area contributed by atoms with Gasteiger partial charge in [0.15, 0.2) is 0 Å². The van der Waals surface area contributed by atoms with E-state index < -0.39 is 0 Å². The van der Waals surface area contributed by atoms with Crippen LogP contribution >= 0.6 is 11.6 Å². The molecule has 0 saturated heterocycles. The fraction of sp³-hybridized carbons (Fsp3) is 0.211. The van der Waals surface area contributed by atoms with Gasteiger partial charge in [0.05, 0.1) is 18.3 Å². The van der Waals surface area contributed by atoms with Crippen molar-refractivity contribution in [1.29, 1.82) is 0 Å². The van der Waals surface area contributed by atoms with Gasteiger partial charge in [-0.05, 0) is 47.8 Å². The Balaban J connectivity index is 1.45. The number of halogens is 1. The number of benzene rings is 2. The fourth-order valence-electron chi connectivity index (χ4n) is 2.87. The summed E-state index contributed by atoms with van der Waals surface area (Å²) in [4.78, 5) is 4.43. The summed E-state index contributed by atoms with van der Waals surface area (Å²) in [5.74, 6) is 0.903. The SMILES string of the molecule is NC1CN(c2noc(-c3ccccc3)n2)N=C1CCc1ccc(Cl)cc1. The summed E-state index contributed by atoms with van der Waals surface area (Å²) in [7, 11) is 0. The third-order valence-corrected chi connectivity index (χ3v) is 4.55. The van der Waals surface area contributed by atoms with Crippen LogP contribution in [-0.2, 0) is 6.42 Å². The minimum atomic E-state index is -0.138. The number of hydrogen-bond acceptors (Lipinski definition) is 6. The van der Waals surface area contributed by atoms with Crippen LogP contribution in [0.25, 0.3) is 11.5 Å². The van der Waals surface area contributed by atoms with Crippen LogP contribution in [-0.4, -0.2) is 28.4 Å². The molecule has 0 aliphatic carbocycles. The van der Waals surface area contributed by atoms with E-state index in [9.17, 15) is 0 Å². The largest absolute Gasteiger partial charge is 0.332 e. The summed E-state index contributed by atoms with van der Waals surface area (Å²) in [6.07, 6.45) is 1.64. The Hall–Kier alpha value is -2.70. The maximum Gasteiger partial charge on any atom is 0.286 e. The highest BCUT2D eigenvalue weighted by Crippen LogP contribution is 2.22. The van der Waals surface area contributed by atoms with Gasteiger partial charge in [-0.1, -0.05) is 41.9 Å². The highest BCUT2D eigenvalue weighted by Gasteiger charge is 2.27. The van der Waals surface area contributed by atoms with Crippen LogP contribution in [0.2, 0.25) is 5.02 Å². The van der Waals surface area contributed by atoms with E-state index >= 15 is 0 Å². The quantitative estimate of drug-likeness (QED) is 0.746. The molecular weight excluding hydrogens is 350 g/mol. The molecule has 1 aromatic heterocycles. The lowest BCUT2D eigenvalue weighted by Gasteiger charge is -2.07. The maximum absolute atomic E-state index is 6.23. The van der Waals surface area contributed by atoms with Crippen molar-refractivity contribution in [3.05, 3.63) is 65.2 Å². The molecule has 1 aliphatic heterocycles. The number of hydrogen-bond donors (Lipinski definition) is 1. The van der Waals surface area contributed by atoms with E-state index in [1.54, 1.807) is 5.01 Å². The van der Waals surface area contributed by atoms with E-state index in [0.717, 1.165) is 29.1 Å². The van der Waals surface area contributed by atoms with Gasteiger partial charge in [0, 0.05) is 10.6 Å². The minimum absolute atomic E-state index is 0.138. The Labute approximate surface area is 156 Å².